The number of urea groups is 1. The van der Waals surface area contributed by atoms with E-state index in [0.29, 0.717) is 13.2 Å². The number of ether oxygens (including phenoxy) is 1. The van der Waals surface area contributed by atoms with Gasteiger partial charge in [0.15, 0.2) is 0 Å². The lowest BCUT2D eigenvalue weighted by Crippen LogP contribution is -2.31. The predicted molar refractivity (Wildman–Crippen MR) is 60.1 cm³/mol. The number of amides is 2. The van der Waals surface area contributed by atoms with Crippen LogP contribution in [0.4, 0.5) is 10.5 Å². The average molecular weight is 208 g/mol. The van der Waals surface area contributed by atoms with Crippen molar-refractivity contribution < 1.29 is 9.53 Å². The van der Waals surface area contributed by atoms with Crippen LogP contribution in [-0.4, -0.2) is 26.3 Å². The summed E-state index contributed by atoms with van der Waals surface area (Å²) in [5, 5.41) is 5.39. The number of aryl methyl sites for hydroxylation is 1. The predicted octanol–water partition coefficient (Wildman–Crippen LogP) is 1.76. The highest BCUT2D eigenvalue weighted by atomic mass is 16.5. The van der Waals surface area contributed by atoms with E-state index in [2.05, 4.69) is 10.6 Å². The molecule has 15 heavy (non-hydrogen) atoms. The van der Waals surface area contributed by atoms with Gasteiger partial charge in [-0.25, -0.2) is 4.79 Å². The first-order valence-corrected chi connectivity index (χ1v) is 4.83. The number of anilines is 1. The van der Waals surface area contributed by atoms with Crippen molar-refractivity contribution in [3.63, 3.8) is 0 Å². The van der Waals surface area contributed by atoms with E-state index in [1.165, 1.54) is 5.56 Å². The van der Waals surface area contributed by atoms with E-state index in [1.54, 1.807) is 7.11 Å². The highest BCUT2D eigenvalue weighted by Gasteiger charge is 1.99. The van der Waals surface area contributed by atoms with Gasteiger partial charge in [0.1, 0.15) is 0 Å². The molecule has 82 valence electrons. The Morgan fingerprint density at radius 2 is 2.00 bits per heavy atom. The zero-order valence-electron chi connectivity index (χ0n) is 9.04. The molecule has 0 atom stereocenters. The number of hydrogen-bond acceptors (Lipinski definition) is 2. The fraction of sp³-hybridized carbons (Fsp3) is 0.364. The molecule has 2 N–H and O–H groups in total. The van der Waals surface area contributed by atoms with Gasteiger partial charge in [0.25, 0.3) is 0 Å². The topological polar surface area (TPSA) is 50.4 Å². The summed E-state index contributed by atoms with van der Waals surface area (Å²) in [6.45, 7) is 3.03. The highest BCUT2D eigenvalue weighted by molar-refractivity contribution is 5.89. The Morgan fingerprint density at radius 3 is 2.60 bits per heavy atom. The molecule has 4 heteroatoms. The zero-order valence-corrected chi connectivity index (χ0v) is 9.04. The molecule has 1 aromatic carbocycles. The van der Waals surface area contributed by atoms with Crippen LogP contribution in [0.3, 0.4) is 0 Å². The van der Waals surface area contributed by atoms with Crippen LogP contribution in [0.2, 0.25) is 0 Å². The first kappa shape index (κ1) is 11.5. The molecule has 0 aliphatic heterocycles. The summed E-state index contributed by atoms with van der Waals surface area (Å²) < 4.78 is 4.82. The minimum absolute atomic E-state index is 0.212. The fourth-order valence-corrected chi connectivity index (χ4v) is 1.08. The minimum atomic E-state index is -0.212. The molecule has 0 spiro atoms. The first-order chi connectivity index (χ1) is 7.22. The van der Waals surface area contributed by atoms with Crippen molar-refractivity contribution in [2.24, 2.45) is 0 Å². The smallest absolute Gasteiger partial charge is 0.319 e. The normalized spacial score (nSPS) is 9.73. The number of hydrogen-bond donors (Lipinski definition) is 2. The molecule has 0 aliphatic carbocycles. The number of benzene rings is 1. The molecule has 0 aromatic heterocycles. The third-order valence-corrected chi connectivity index (χ3v) is 1.90. The van der Waals surface area contributed by atoms with Gasteiger partial charge in [0.05, 0.1) is 6.61 Å². The van der Waals surface area contributed by atoms with E-state index in [1.807, 2.05) is 31.2 Å². The quantitative estimate of drug-likeness (QED) is 0.741. The number of methoxy groups -OCH3 is 1. The lowest BCUT2D eigenvalue weighted by Gasteiger charge is -2.07. The maximum absolute atomic E-state index is 11.3. The highest BCUT2D eigenvalue weighted by Crippen LogP contribution is 2.07. The molecule has 0 radical (unpaired) electrons. The van der Waals surface area contributed by atoms with E-state index < -0.39 is 0 Å². The van der Waals surface area contributed by atoms with Crippen LogP contribution in [-0.2, 0) is 4.74 Å². The Labute approximate surface area is 89.6 Å². The van der Waals surface area contributed by atoms with Crippen molar-refractivity contribution in [1.29, 1.82) is 0 Å². The van der Waals surface area contributed by atoms with Crippen molar-refractivity contribution in [2.75, 3.05) is 25.6 Å². The van der Waals surface area contributed by atoms with Crippen LogP contribution in [0.5, 0.6) is 0 Å². The summed E-state index contributed by atoms with van der Waals surface area (Å²) in [7, 11) is 1.60. The number of nitrogens with one attached hydrogen (secondary N) is 2. The van der Waals surface area contributed by atoms with Gasteiger partial charge in [0, 0.05) is 19.3 Å². The standard InChI is InChI=1S/C11H16N2O2/c1-9-3-5-10(6-4-9)13-11(14)12-7-8-15-2/h3-6H,7-8H2,1-2H3,(H2,12,13,14). The Balaban J connectivity index is 2.34. The van der Waals surface area contributed by atoms with Crippen LogP contribution in [0.25, 0.3) is 0 Å². The second kappa shape index (κ2) is 6.03. The fourth-order valence-electron chi connectivity index (χ4n) is 1.08. The molecule has 4 nitrogen and oxygen atoms in total. The largest absolute Gasteiger partial charge is 0.383 e. The number of rotatable bonds is 4. The molecule has 2 amide bonds. The third kappa shape index (κ3) is 4.46. The van der Waals surface area contributed by atoms with E-state index in [-0.39, 0.29) is 6.03 Å². The zero-order chi connectivity index (χ0) is 11.1. The van der Waals surface area contributed by atoms with Crippen LogP contribution >= 0.6 is 0 Å². The molecular weight excluding hydrogens is 192 g/mol. The van der Waals surface area contributed by atoms with Crippen LogP contribution in [0, 0.1) is 6.92 Å². The summed E-state index contributed by atoms with van der Waals surface area (Å²) in [6.07, 6.45) is 0. The van der Waals surface area contributed by atoms with Gasteiger partial charge in [-0.15, -0.1) is 0 Å². The first-order valence-electron chi connectivity index (χ1n) is 4.83. The molecule has 1 aromatic rings. The summed E-state index contributed by atoms with van der Waals surface area (Å²) in [6, 6.07) is 7.42. The monoisotopic (exact) mass is 208 g/mol. The number of carbonyl (C=O) groups excluding carboxylic acids is 1. The average Bonchev–Trinajstić information content (AvgIpc) is 2.22. The Hall–Kier alpha value is -1.55. The summed E-state index contributed by atoms with van der Waals surface area (Å²) in [4.78, 5) is 11.3. The van der Waals surface area contributed by atoms with E-state index in [4.69, 9.17) is 4.74 Å². The van der Waals surface area contributed by atoms with Gasteiger partial charge < -0.3 is 15.4 Å². The lowest BCUT2D eigenvalue weighted by atomic mass is 10.2. The van der Waals surface area contributed by atoms with Gasteiger partial charge >= 0.3 is 6.03 Å². The Morgan fingerprint density at radius 1 is 1.33 bits per heavy atom. The second-order valence-corrected chi connectivity index (χ2v) is 3.24. The van der Waals surface area contributed by atoms with Crippen LogP contribution < -0.4 is 10.6 Å². The van der Waals surface area contributed by atoms with Gasteiger partial charge in [-0.2, -0.15) is 0 Å². The molecule has 1 rings (SSSR count). The molecular formula is C11H16N2O2. The Bertz CT molecular complexity index is 309. The molecule has 0 fully saturated rings. The molecule has 0 unspecified atom stereocenters. The minimum Gasteiger partial charge on any atom is -0.383 e. The summed E-state index contributed by atoms with van der Waals surface area (Å²) in [5.74, 6) is 0. The van der Waals surface area contributed by atoms with E-state index in [9.17, 15) is 4.79 Å². The van der Waals surface area contributed by atoms with Crippen LogP contribution in [0.1, 0.15) is 5.56 Å². The van der Waals surface area contributed by atoms with Crippen molar-refractivity contribution >= 4 is 11.7 Å². The molecule has 0 heterocycles. The van der Waals surface area contributed by atoms with E-state index >= 15 is 0 Å². The van der Waals surface area contributed by atoms with Crippen molar-refractivity contribution in [3.05, 3.63) is 29.8 Å². The van der Waals surface area contributed by atoms with Crippen molar-refractivity contribution in [3.8, 4) is 0 Å². The van der Waals surface area contributed by atoms with Crippen LogP contribution in [0.15, 0.2) is 24.3 Å². The second-order valence-electron chi connectivity index (χ2n) is 3.24. The maximum Gasteiger partial charge on any atom is 0.319 e. The van der Waals surface area contributed by atoms with E-state index in [0.717, 1.165) is 5.69 Å². The number of carbonyl (C=O) groups is 1. The molecule has 0 saturated heterocycles. The third-order valence-electron chi connectivity index (χ3n) is 1.90. The van der Waals surface area contributed by atoms with Gasteiger partial charge in [-0.05, 0) is 19.1 Å². The molecule has 0 aliphatic rings. The van der Waals surface area contributed by atoms with Crippen molar-refractivity contribution in [1.82, 2.24) is 5.32 Å². The van der Waals surface area contributed by atoms with Gasteiger partial charge in [-0.3, -0.25) is 0 Å². The summed E-state index contributed by atoms with van der Waals surface area (Å²) in [5.41, 5.74) is 1.95. The van der Waals surface area contributed by atoms with Gasteiger partial charge in [-0.1, -0.05) is 17.7 Å². The molecule has 0 saturated carbocycles. The molecule has 0 bridgehead atoms. The summed E-state index contributed by atoms with van der Waals surface area (Å²) >= 11 is 0. The maximum atomic E-state index is 11.3. The lowest BCUT2D eigenvalue weighted by molar-refractivity contribution is 0.198. The Kier molecular flexibility index (Phi) is 4.63. The SMILES string of the molecule is COCCNC(=O)Nc1ccc(C)cc1. The van der Waals surface area contributed by atoms with Gasteiger partial charge in [0.2, 0.25) is 0 Å². The van der Waals surface area contributed by atoms with Crippen molar-refractivity contribution in [2.45, 2.75) is 6.92 Å².